The molecule has 0 N–H and O–H groups in total. The molecule has 4 aromatic carbocycles. The van der Waals surface area contributed by atoms with Crippen molar-refractivity contribution in [2.24, 2.45) is 0 Å². The van der Waals surface area contributed by atoms with Gasteiger partial charge in [-0.05, 0) is 22.3 Å². The number of hydrogen-bond acceptors (Lipinski definition) is 5. The maximum atomic E-state index is 6.55. The molecule has 4 aromatic rings. The quantitative estimate of drug-likeness (QED) is 0.200. The molecule has 0 aliphatic carbocycles. The SMILES string of the molecule is [CH]1O[C@H](COCc2ccccc2)[C@@H](OCc2ccccc2)[C@H](OCc2ccccc2)[C@@H]1OCc1ccccc1. The smallest absolute Gasteiger partial charge is 0.116 e. The molecule has 201 valence electrons. The Labute approximate surface area is 231 Å². The standard InChI is InChI=1S/C34H35O5/c1-5-13-27(14-6-1)21-35-25-31-33(38-23-29-17-9-3-10-18-29)34(39-24-30-19-11-4-12-20-30)32(26-37-31)36-22-28-15-7-2-8-16-28/h1-20,26,31-34H,21-25H2/t31-,32-,33-,34-/m1/s1. The van der Waals surface area contributed by atoms with Crippen LogP contribution in [-0.4, -0.2) is 31.0 Å². The van der Waals surface area contributed by atoms with Crippen LogP contribution in [0.15, 0.2) is 121 Å². The Hall–Kier alpha value is -3.32. The topological polar surface area (TPSA) is 46.2 Å². The minimum Gasteiger partial charge on any atom is -0.374 e. The third kappa shape index (κ3) is 8.33. The first-order valence-electron chi connectivity index (χ1n) is 13.4. The highest BCUT2D eigenvalue weighted by molar-refractivity contribution is 5.16. The van der Waals surface area contributed by atoms with E-state index in [4.69, 9.17) is 23.7 Å². The van der Waals surface area contributed by atoms with E-state index in [0.29, 0.717) is 33.0 Å². The number of ether oxygens (including phenoxy) is 5. The van der Waals surface area contributed by atoms with Crippen LogP contribution < -0.4 is 0 Å². The molecule has 1 aliphatic heterocycles. The van der Waals surface area contributed by atoms with Crippen molar-refractivity contribution in [2.75, 3.05) is 6.61 Å². The van der Waals surface area contributed by atoms with E-state index < -0.39 is 18.3 Å². The van der Waals surface area contributed by atoms with E-state index in [-0.39, 0.29) is 6.10 Å². The summed E-state index contributed by atoms with van der Waals surface area (Å²) in [6.07, 6.45) is -1.57. The zero-order chi connectivity index (χ0) is 26.5. The van der Waals surface area contributed by atoms with E-state index in [2.05, 4.69) is 36.4 Å². The van der Waals surface area contributed by atoms with Gasteiger partial charge in [-0.15, -0.1) is 0 Å². The maximum absolute atomic E-state index is 6.55. The van der Waals surface area contributed by atoms with Gasteiger partial charge in [0.2, 0.25) is 0 Å². The van der Waals surface area contributed by atoms with Crippen LogP contribution in [0.25, 0.3) is 0 Å². The molecular weight excluding hydrogens is 488 g/mol. The van der Waals surface area contributed by atoms with Gasteiger partial charge in [-0.3, -0.25) is 0 Å². The zero-order valence-corrected chi connectivity index (χ0v) is 22.0. The van der Waals surface area contributed by atoms with Gasteiger partial charge < -0.3 is 23.7 Å². The molecule has 0 amide bonds. The van der Waals surface area contributed by atoms with Gasteiger partial charge in [0.1, 0.15) is 31.0 Å². The minimum atomic E-state index is -0.417. The van der Waals surface area contributed by atoms with Crippen molar-refractivity contribution in [1.29, 1.82) is 0 Å². The fourth-order valence-corrected chi connectivity index (χ4v) is 4.56. The average molecular weight is 524 g/mol. The molecule has 0 saturated carbocycles. The lowest BCUT2D eigenvalue weighted by molar-refractivity contribution is -0.227. The molecular formula is C34H35O5. The molecule has 5 nitrogen and oxygen atoms in total. The molecule has 1 heterocycles. The van der Waals surface area contributed by atoms with Gasteiger partial charge in [0.25, 0.3) is 0 Å². The summed E-state index contributed by atoms with van der Waals surface area (Å²) in [7, 11) is 0. The lowest BCUT2D eigenvalue weighted by atomic mass is 9.99. The average Bonchev–Trinajstić information content (AvgIpc) is 3.00. The predicted octanol–water partition coefficient (Wildman–Crippen LogP) is 6.52. The van der Waals surface area contributed by atoms with Crippen molar-refractivity contribution in [3.63, 3.8) is 0 Å². The van der Waals surface area contributed by atoms with Gasteiger partial charge >= 0.3 is 0 Å². The van der Waals surface area contributed by atoms with Crippen molar-refractivity contribution >= 4 is 0 Å². The van der Waals surface area contributed by atoms with Crippen LogP contribution in [0, 0.1) is 6.61 Å². The summed E-state index contributed by atoms with van der Waals surface area (Å²) in [5.41, 5.74) is 4.37. The first kappa shape index (κ1) is 27.3. The third-order valence-electron chi connectivity index (χ3n) is 6.65. The highest BCUT2D eigenvalue weighted by Gasteiger charge is 2.43. The lowest BCUT2D eigenvalue weighted by Gasteiger charge is -2.41. The number of benzene rings is 4. The van der Waals surface area contributed by atoms with Gasteiger partial charge in [-0.2, -0.15) is 0 Å². The van der Waals surface area contributed by atoms with E-state index in [1.165, 1.54) is 0 Å². The normalized spacial score (nSPS) is 21.0. The van der Waals surface area contributed by atoms with Gasteiger partial charge in [-0.25, -0.2) is 0 Å². The summed E-state index contributed by atoms with van der Waals surface area (Å²) in [6.45, 7) is 3.92. The van der Waals surface area contributed by atoms with E-state index in [0.717, 1.165) is 22.3 Å². The monoisotopic (exact) mass is 523 g/mol. The lowest BCUT2D eigenvalue weighted by Crippen LogP contribution is -2.55. The molecule has 0 aromatic heterocycles. The van der Waals surface area contributed by atoms with Crippen LogP contribution in [0.4, 0.5) is 0 Å². The minimum absolute atomic E-state index is 0.352. The Balaban J connectivity index is 1.32. The van der Waals surface area contributed by atoms with Gasteiger partial charge in [-0.1, -0.05) is 121 Å². The molecule has 0 spiro atoms. The second-order valence-electron chi connectivity index (χ2n) is 9.59. The van der Waals surface area contributed by atoms with Crippen molar-refractivity contribution in [3.8, 4) is 0 Å². The van der Waals surface area contributed by atoms with Crippen LogP contribution in [-0.2, 0) is 50.1 Å². The molecule has 5 heteroatoms. The van der Waals surface area contributed by atoms with Crippen LogP contribution >= 0.6 is 0 Å². The summed E-state index contributed by atoms with van der Waals surface area (Å²) in [4.78, 5) is 0. The molecule has 39 heavy (non-hydrogen) atoms. The van der Waals surface area contributed by atoms with E-state index in [1.807, 2.05) is 84.9 Å². The van der Waals surface area contributed by atoms with E-state index in [9.17, 15) is 0 Å². The Morgan fingerprint density at radius 1 is 0.462 bits per heavy atom. The first-order valence-corrected chi connectivity index (χ1v) is 13.4. The highest BCUT2D eigenvalue weighted by Crippen LogP contribution is 2.29. The van der Waals surface area contributed by atoms with Gasteiger partial charge in [0, 0.05) is 0 Å². The molecule has 1 aliphatic rings. The maximum Gasteiger partial charge on any atom is 0.116 e. The van der Waals surface area contributed by atoms with Crippen molar-refractivity contribution in [1.82, 2.24) is 0 Å². The van der Waals surface area contributed by atoms with Crippen molar-refractivity contribution < 1.29 is 23.7 Å². The molecule has 4 atom stereocenters. The summed E-state index contributed by atoms with van der Waals surface area (Å²) >= 11 is 0. The highest BCUT2D eigenvalue weighted by atomic mass is 16.6. The summed E-state index contributed by atoms with van der Waals surface area (Å²) < 4.78 is 31.8. The van der Waals surface area contributed by atoms with Crippen LogP contribution in [0.1, 0.15) is 22.3 Å². The largest absolute Gasteiger partial charge is 0.374 e. The number of hydrogen-bond donors (Lipinski definition) is 0. The zero-order valence-electron chi connectivity index (χ0n) is 22.0. The van der Waals surface area contributed by atoms with Crippen molar-refractivity contribution in [3.05, 3.63) is 150 Å². The molecule has 0 unspecified atom stereocenters. The first-order chi connectivity index (χ1) is 19.3. The fraction of sp³-hybridized carbons (Fsp3) is 0.265. The Bertz CT molecular complexity index is 1200. The van der Waals surface area contributed by atoms with E-state index >= 15 is 0 Å². The summed E-state index contributed by atoms with van der Waals surface area (Å²) in [6, 6.07) is 40.5. The van der Waals surface area contributed by atoms with Gasteiger partial charge in [0.05, 0.1) is 33.0 Å². The number of rotatable bonds is 13. The van der Waals surface area contributed by atoms with Crippen LogP contribution in [0.2, 0.25) is 0 Å². The Morgan fingerprint density at radius 2 is 0.872 bits per heavy atom. The van der Waals surface area contributed by atoms with Gasteiger partial charge in [0.15, 0.2) is 0 Å². The molecule has 0 bridgehead atoms. The fourth-order valence-electron chi connectivity index (χ4n) is 4.56. The Kier molecular flexibility index (Phi) is 10.3. The molecule has 1 fully saturated rings. The predicted molar refractivity (Wildman–Crippen MR) is 150 cm³/mol. The summed E-state index contributed by atoms with van der Waals surface area (Å²) in [5.74, 6) is 0. The van der Waals surface area contributed by atoms with Crippen molar-refractivity contribution in [2.45, 2.75) is 50.8 Å². The van der Waals surface area contributed by atoms with Crippen LogP contribution in [0.3, 0.4) is 0 Å². The third-order valence-corrected chi connectivity index (χ3v) is 6.65. The van der Waals surface area contributed by atoms with E-state index in [1.54, 1.807) is 6.61 Å². The second-order valence-corrected chi connectivity index (χ2v) is 9.59. The summed E-state index contributed by atoms with van der Waals surface area (Å²) in [5, 5.41) is 0. The molecule has 5 rings (SSSR count). The Morgan fingerprint density at radius 3 is 1.36 bits per heavy atom. The van der Waals surface area contributed by atoms with Crippen LogP contribution in [0.5, 0.6) is 0 Å². The molecule has 1 radical (unpaired) electrons. The molecule has 1 saturated heterocycles. The second kappa shape index (κ2) is 14.7.